The van der Waals surface area contributed by atoms with Crippen molar-refractivity contribution in [1.29, 1.82) is 0 Å². The van der Waals surface area contributed by atoms with Gasteiger partial charge in [-0.2, -0.15) is 0 Å². The molecule has 3 heterocycles. The first kappa shape index (κ1) is 21.7. The van der Waals surface area contributed by atoms with E-state index in [1.165, 1.54) is 4.90 Å². The third kappa shape index (κ3) is 3.79. The average molecular weight is 456 g/mol. The Labute approximate surface area is 197 Å². The zero-order valence-corrected chi connectivity index (χ0v) is 18.9. The van der Waals surface area contributed by atoms with Crippen molar-refractivity contribution >= 4 is 17.4 Å². The molecule has 0 bridgehead atoms. The maximum absolute atomic E-state index is 13.7. The van der Waals surface area contributed by atoms with Crippen molar-refractivity contribution in [2.45, 2.75) is 32.0 Å². The van der Waals surface area contributed by atoms with E-state index in [1.807, 2.05) is 19.1 Å². The van der Waals surface area contributed by atoms with E-state index in [0.717, 1.165) is 16.9 Å². The summed E-state index contributed by atoms with van der Waals surface area (Å²) in [6.07, 6.45) is 4.23. The molecule has 2 aliphatic rings. The maximum atomic E-state index is 13.7. The highest BCUT2D eigenvalue weighted by Gasteiger charge is 2.44. The van der Waals surface area contributed by atoms with Crippen molar-refractivity contribution in [3.05, 3.63) is 94.8 Å². The SMILES string of the molecule is COc1ccc(C2C(=C([O-])c3ccc4c(c3)CC(C)O4)C(=O)C(=O)N2Cc2cc[nH+]cc2)cc1. The van der Waals surface area contributed by atoms with Gasteiger partial charge in [0, 0.05) is 30.7 Å². The van der Waals surface area contributed by atoms with Crippen molar-refractivity contribution in [2.24, 2.45) is 0 Å². The van der Waals surface area contributed by atoms with E-state index in [1.54, 1.807) is 62.0 Å². The van der Waals surface area contributed by atoms with E-state index in [2.05, 4.69) is 4.98 Å². The second kappa shape index (κ2) is 8.67. The van der Waals surface area contributed by atoms with Crippen LogP contribution >= 0.6 is 0 Å². The highest BCUT2D eigenvalue weighted by Crippen LogP contribution is 2.41. The number of carbonyl (C=O) groups excluding carboxylic acids is 2. The molecule has 1 saturated heterocycles. The summed E-state index contributed by atoms with van der Waals surface area (Å²) < 4.78 is 11.0. The predicted octanol–water partition coefficient (Wildman–Crippen LogP) is 2.26. The number of carbonyl (C=O) groups is 2. The van der Waals surface area contributed by atoms with Gasteiger partial charge in [0.15, 0.2) is 12.4 Å². The molecule has 2 aliphatic heterocycles. The van der Waals surface area contributed by atoms with Crippen LogP contribution in [0.15, 0.2) is 72.6 Å². The zero-order chi connectivity index (χ0) is 23.8. The second-order valence-electron chi connectivity index (χ2n) is 8.54. The lowest BCUT2D eigenvalue weighted by molar-refractivity contribution is -0.378. The van der Waals surface area contributed by atoms with E-state index in [-0.39, 0.29) is 18.2 Å². The summed E-state index contributed by atoms with van der Waals surface area (Å²) >= 11 is 0. The number of fused-ring (bicyclic) bond motifs is 1. The minimum Gasteiger partial charge on any atom is -0.872 e. The molecule has 7 nitrogen and oxygen atoms in total. The molecule has 3 aromatic rings. The Hall–Kier alpha value is -4.13. The van der Waals surface area contributed by atoms with E-state index in [9.17, 15) is 14.7 Å². The number of pyridine rings is 1. The van der Waals surface area contributed by atoms with Gasteiger partial charge >= 0.3 is 0 Å². The molecule has 1 N–H and O–H groups in total. The van der Waals surface area contributed by atoms with Crippen LogP contribution in [0.1, 0.15) is 35.2 Å². The van der Waals surface area contributed by atoms with Gasteiger partial charge in [-0.3, -0.25) is 9.59 Å². The summed E-state index contributed by atoms with van der Waals surface area (Å²) in [7, 11) is 1.57. The van der Waals surface area contributed by atoms with Crippen molar-refractivity contribution in [1.82, 2.24) is 4.90 Å². The molecule has 0 aliphatic carbocycles. The second-order valence-corrected chi connectivity index (χ2v) is 8.54. The van der Waals surface area contributed by atoms with Gasteiger partial charge in [-0.15, -0.1) is 0 Å². The highest BCUT2D eigenvalue weighted by atomic mass is 16.5. The van der Waals surface area contributed by atoms with Gasteiger partial charge in [0.2, 0.25) is 5.78 Å². The van der Waals surface area contributed by atoms with E-state index in [0.29, 0.717) is 23.3 Å². The molecule has 1 aromatic heterocycles. The first-order valence-corrected chi connectivity index (χ1v) is 11.1. The van der Waals surface area contributed by atoms with Gasteiger partial charge in [-0.25, -0.2) is 4.98 Å². The number of aromatic amines is 1. The van der Waals surface area contributed by atoms with Crippen molar-refractivity contribution in [2.75, 3.05) is 7.11 Å². The van der Waals surface area contributed by atoms with Crippen LogP contribution < -0.4 is 19.6 Å². The fourth-order valence-electron chi connectivity index (χ4n) is 4.61. The summed E-state index contributed by atoms with van der Waals surface area (Å²) in [5.41, 5.74) is 2.78. The molecular weight excluding hydrogens is 432 g/mol. The number of aromatic nitrogens is 1. The van der Waals surface area contributed by atoms with Crippen LogP contribution in [-0.4, -0.2) is 29.8 Å². The molecular formula is C27H24N2O5. The van der Waals surface area contributed by atoms with Crippen LogP contribution in [0.3, 0.4) is 0 Å². The number of benzene rings is 2. The summed E-state index contributed by atoms with van der Waals surface area (Å²) in [5.74, 6) is -0.499. The molecule has 1 fully saturated rings. The number of nitrogens with zero attached hydrogens (tertiary/aromatic N) is 1. The van der Waals surface area contributed by atoms with Crippen LogP contribution in [0.2, 0.25) is 0 Å². The smallest absolute Gasteiger partial charge is 0.295 e. The zero-order valence-electron chi connectivity index (χ0n) is 18.9. The number of rotatable bonds is 5. The normalized spacial score (nSPS) is 20.8. The predicted molar refractivity (Wildman–Crippen MR) is 121 cm³/mol. The molecule has 5 rings (SSSR count). The third-order valence-corrected chi connectivity index (χ3v) is 6.26. The lowest BCUT2D eigenvalue weighted by Gasteiger charge is -2.27. The quantitative estimate of drug-likeness (QED) is 0.334. The standard InChI is InChI=1S/C27H24N2O5/c1-16-13-20-14-19(5-8-22(20)34-16)25(30)23-24(18-3-6-21(33-2)7-4-18)29(27(32)26(23)31)15-17-9-11-28-12-10-17/h3-12,14,16,24,30H,13,15H2,1-2H3. The number of amides is 1. The number of ether oxygens (including phenoxy) is 2. The van der Waals surface area contributed by atoms with Gasteiger partial charge in [-0.05, 0) is 53.4 Å². The fourth-order valence-corrected chi connectivity index (χ4v) is 4.61. The van der Waals surface area contributed by atoms with E-state index >= 15 is 0 Å². The maximum Gasteiger partial charge on any atom is 0.295 e. The number of methoxy groups -OCH3 is 1. The molecule has 0 saturated carbocycles. The number of Topliss-reactive ketones (excluding diaryl/α,β-unsaturated/α-hetero) is 1. The van der Waals surface area contributed by atoms with Crippen LogP contribution in [-0.2, 0) is 22.6 Å². The van der Waals surface area contributed by atoms with Crippen molar-refractivity contribution < 1.29 is 29.2 Å². The molecule has 2 atom stereocenters. The molecule has 1 amide bonds. The Kier molecular flexibility index (Phi) is 5.53. The minimum absolute atomic E-state index is 0.0355. The van der Waals surface area contributed by atoms with Gasteiger partial charge in [0.1, 0.15) is 17.6 Å². The number of ketones is 1. The van der Waals surface area contributed by atoms with Gasteiger partial charge in [0.05, 0.1) is 13.2 Å². The molecule has 2 unspecified atom stereocenters. The van der Waals surface area contributed by atoms with Gasteiger partial charge in [-0.1, -0.05) is 24.0 Å². The van der Waals surface area contributed by atoms with Crippen LogP contribution in [0.4, 0.5) is 0 Å². The Morgan fingerprint density at radius 3 is 2.56 bits per heavy atom. The first-order valence-electron chi connectivity index (χ1n) is 11.1. The average Bonchev–Trinajstić information content (AvgIpc) is 3.35. The number of nitrogens with one attached hydrogen (secondary N) is 1. The van der Waals surface area contributed by atoms with E-state index < -0.39 is 23.5 Å². The molecule has 172 valence electrons. The summed E-state index contributed by atoms with van der Waals surface area (Å²) in [4.78, 5) is 30.8. The molecule has 34 heavy (non-hydrogen) atoms. The fraction of sp³-hybridized carbons (Fsp3) is 0.222. The Bertz CT molecular complexity index is 1280. The van der Waals surface area contributed by atoms with Crippen LogP contribution in [0.5, 0.6) is 11.5 Å². The summed E-state index contributed by atoms with van der Waals surface area (Å²) in [6.45, 7) is 2.16. The van der Waals surface area contributed by atoms with Crippen LogP contribution in [0.25, 0.3) is 5.76 Å². The Balaban J connectivity index is 1.62. The molecule has 7 heteroatoms. The van der Waals surface area contributed by atoms with Gasteiger partial charge in [0.25, 0.3) is 5.91 Å². The molecule has 0 radical (unpaired) electrons. The summed E-state index contributed by atoms with van der Waals surface area (Å²) in [6, 6.07) is 15.1. The third-order valence-electron chi connectivity index (χ3n) is 6.26. The summed E-state index contributed by atoms with van der Waals surface area (Å²) in [5, 5.41) is 13.7. The monoisotopic (exact) mass is 456 g/mol. The number of hydrogen-bond donors (Lipinski definition) is 0. The highest BCUT2D eigenvalue weighted by molar-refractivity contribution is 6.46. The lowest BCUT2D eigenvalue weighted by atomic mass is 9.94. The van der Waals surface area contributed by atoms with Crippen molar-refractivity contribution in [3.63, 3.8) is 0 Å². The topological polar surface area (TPSA) is 93.0 Å². The van der Waals surface area contributed by atoms with E-state index in [4.69, 9.17) is 9.47 Å². The van der Waals surface area contributed by atoms with Crippen molar-refractivity contribution in [3.8, 4) is 11.5 Å². The Morgan fingerprint density at radius 2 is 1.85 bits per heavy atom. The lowest BCUT2D eigenvalue weighted by Crippen LogP contribution is -2.29. The van der Waals surface area contributed by atoms with Crippen LogP contribution in [0, 0.1) is 0 Å². The number of hydrogen-bond acceptors (Lipinski definition) is 5. The molecule has 0 spiro atoms. The Morgan fingerprint density at radius 1 is 1.12 bits per heavy atom. The molecule has 2 aromatic carbocycles. The first-order chi connectivity index (χ1) is 16.5. The number of likely N-dealkylation sites (tertiary alicyclic amines) is 1. The largest absolute Gasteiger partial charge is 0.872 e. The number of H-pyrrole nitrogens is 1. The van der Waals surface area contributed by atoms with Gasteiger partial charge < -0.3 is 19.5 Å². The minimum atomic E-state index is -0.800.